The fraction of sp³-hybridized carbons (Fsp3) is 0. The van der Waals surface area contributed by atoms with E-state index in [1.807, 2.05) is 194 Å². The molecule has 0 atom stereocenters. The molecule has 9 aromatic heterocycles. The normalized spacial score (nSPS) is 11.6. The Morgan fingerprint density at radius 1 is 0.184 bits per heavy atom. The maximum absolute atomic E-state index is 10.8. The second-order valence-corrected chi connectivity index (χ2v) is 36.8. The Labute approximate surface area is 837 Å². The molecular weight excluding hydrogens is 1800 g/mol. The molecule has 0 amide bonds. The van der Waals surface area contributed by atoms with Crippen molar-refractivity contribution in [1.82, 2.24) is 27.4 Å². The Balaban J connectivity index is 0.000000107. The first-order chi connectivity index (χ1) is 72.8. The minimum absolute atomic E-state index is 0.523. The van der Waals surface area contributed by atoms with E-state index in [0.29, 0.717) is 33.8 Å². The topological polar surface area (TPSA) is 153 Å². The Kier molecular flexibility index (Phi) is 19.0. The number of nitriles is 3. The summed E-state index contributed by atoms with van der Waals surface area (Å²) in [6.45, 7) is 25.0. The number of furan rings is 3. The van der Waals surface area contributed by atoms with Gasteiger partial charge in [-0.25, -0.2) is 14.5 Å². The highest BCUT2D eigenvalue weighted by Gasteiger charge is 2.32. The van der Waals surface area contributed by atoms with Crippen LogP contribution in [0.3, 0.4) is 0 Å². The van der Waals surface area contributed by atoms with Gasteiger partial charge in [0.1, 0.15) is 46.1 Å². The van der Waals surface area contributed by atoms with Crippen LogP contribution in [0.2, 0.25) is 0 Å². The van der Waals surface area contributed by atoms with E-state index in [1.54, 1.807) is 0 Å². The second-order valence-electron chi connectivity index (χ2n) is 36.8. The van der Waals surface area contributed by atoms with Gasteiger partial charge < -0.3 is 40.7 Å². The maximum Gasteiger partial charge on any atom is 0.211 e. The zero-order chi connectivity index (χ0) is 97.9. The Hall–Kier alpha value is -21.2. The van der Waals surface area contributed by atoms with E-state index in [9.17, 15) is 15.8 Å². The van der Waals surface area contributed by atoms with Gasteiger partial charge in [-0.2, -0.15) is 15.8 Å². The second kappa shape index (κ2) is 33.2. The standard InChI is InChI=1S/3C44H24N4O/c1-46-36-19-11-18-33(44(36)47-37-20-6-2-13-28(37)29-14-3-7-21-38(29)47)32-17-10-12-27(26-45)43(32)48-39-22-8-4-15-30(39)34-24-35-31-16-5-9-23-41(31)49-42(35)25-40(34)48;1-46-35-19-11-18-32(43(35)47-36-20-6-2-13-28(36)29-14-3-7-21-37(29)47)31-17-10-12-27(26-45)42(31)48-38-22-8-4-15-30(38)33-24-25-40-41(44(33)48)34-16-5-9-23-39(34)49-40;1-46-36-19-11-18-33(42(36)47-37-20-6-2-13-28(37)29-14-3-7-21-38(29)47)32-17-10-12-27(26-45)41(32)48-39-22-8-4-15-30(39)34-24-25-35-31-16-5-9-23-40(31)49-44(35)43(34)48/h3*2-25H. The quantitative estimate of drug-likeness (QED) is 0.131. The monoisotopic (exact) mass is 1870 g/mol. The van der Waals surface area contributed by atoms with Crippen LogP contribution in [0.4, 0.5) is 17.1 Å². The fourth-order valence-electron chi connectivity index (χ4n) is 23.4. The van der Waals surface area contributed by atoms with Gasteiger partial charge in [0, 0.05) is 114 Å². The smallest absolute Gasteiger partial charge is 0.211 e. The molecule has 9 heterocycles. The van der Waals surface area contributed by atoms with Crippen molar-refractivity contribution in [3.05, 3.63) is 488 Å². The van der Waals surface area contributed by atoms with Crippen LogP contribution in [0, 0.1) is 53.7 Å². The number of fused-ring (bicyclic) bond motifs is 29. The van der Waals surface area contributed by atoms with Crippen molar-refractivity contribution in [3.63, 3.8) is 0 Å². The SMILES string of the molecule is [C-]#[N+]c1cccc(-c2cccc(C#N)c2-n2c3ccccc3c3cc4c(cc32)oc2ccccc24)c1-n1c2ccccc2c2ccccc21.[C-]#[N+]c1cccc(-c2cccc(C#N)c2-n2c3ccccc3c3ccc4c5ccccc5oc4c32)c1-n1c2ccccc2c2ccccc21.[C-]#[N+]c1cccc(-c2cccc(C#N)c2-n2c3ccccc3c3ccc4oc5ccccc5c4c32)c1-n1c2ccccc2c2ccccc21. The van der Waals surface area contributed by atoms with Crippen LogP contribution in [-0.2, 0) is 0 Å². The molecule has 0 aliphatic rings. The summed E-state index contributed by atoms with van der Waals surface area (Å²) in [6, 6.07) is 155. The van der Waals surface area contributed by atoms with Gasteiger partial charge in [-0.15, -0.1) is 0 Å². The van der Waals surface area contributed by atoms with E-state index in [-0.39, 0.29) is 0 Å². The highest BCUT2D eigenvalue weighted by molar-refractivity contribution is 6.27. The van der Waals surface area contributed by atoms with Crippen LogP contribution < -0.4 is 0 Å². The summed E-state index contributed by atoms with van der Waals surface area (Å²) in [5.74, 6) is 0. The number of hydrogen-bond acceptors (Lipinski definition) is 6. The van der Waals surface area contributed by atoms with E-state index in [0.717, 1.165) is 264 Å². The van der Waals surface area contributed by atoms with E-state index in [1.165, 1.54) is 0 Å². The number of rotatable bonds is 9. The van der Waals surface area contributed by atoms with Gasteiger partial charge in [0.05, 0.1) is 142 Å². The highest BCUT2D eigenvalue weighted by Crippen LogP contribution is 2.53. The van der Waals surface area contributed by atoms with Crippen LogP contribution in [0.5, 0.6) is 0 Å². The molecule has 0 unspecified atom stereocenters. The van der Waals surface area contributed by atoms with Crippen molar-refractivity contribution < 1.29 is 13.3 Å². The lowest BCUT2D eigenvalue weighted by Crippen LogP contribution is -2.04. The minimum atomic E-state index is 0.523. The summed E-state index contributed by atoms with van der Waals surface area (Å²) in [5, 5.41) is 51.6. The molecule has 15 heteroatoms. The number of para-hydroxylation sites is 18. The van der Waals surface area contributed by atoms with Crippen LogP contribution in [0.1, 0.15) is 16.7 Å². The molecular formula is C132H72N12O3. The van der Waals surface area contributed by atoms with E-state index in [2.05, 4.69) is 303 Å². The first-order valence-corrected chi connectivity index (χ1v) is 48.4. The van der Waals surface area contributed by atoms with Gasteiger partial charge in [-0.1, -0.05) is 315 Å². The molecule has 30 rings (SSSR count). The predicted molar refractivity (Wildman–Crippen MR) is 596 cm³/mol. The molecule has 0 aliphatic carbocycles. The summed E-state index contributed by atoms with van der Waals surface area (Å²) >= 11 is 0. The van der Waals surface area contributed by atoms with Gasteiger partial charge in [0.25, 0.3) is 0 Å². The number of aromatic nitrogens is 6. The van der Waals surface area contributed by atoms with Crippen LogP contribution in [0.15, 0.2) is 450 Å². The predicted octanol–water partition coefficient (Wildman–Crippen LogP) is 35.6. The summed E-state index contributed by atoms with van der Waals surface area (Å²) in [7, 11) is 0. The third kappa shape index (κ3) is 12.4. The Bertz CT molecular complexity index is 11100. The van der Waals surface area contributed by atoms with Crippen molar-refractivity contribution in [3.8, 4) is 85.7 Å². The van der Waals surface area contributed by atoms with Gasteiger partial charge >= 0.3 is 0 Å². The van der Waals surface area contributed by atoms with Crippen molar-refractivity contribution in [2.75, 3.05) is 0 Å². The molecule has 0 radical (unpaired) electrons. The highest BCUT2D eigenvalue weighted by atomic mass is 16.3. The van der Waals surface area contributed by atoms with Crippen molar-refractivity contribution in [2.24, 2.45) is 0 Å². The zero-order valence-corrected chi connectivity index (χ0v) is 78.2. The third-order valence-corrected chi connectivity index (χ3v) is 29.4. The van der Waals surface area contributed by atoms with Crippen LogP contribution in [0.25, 0.3) is 279 Å². The molecule has 0 saturated heterocycles. The van der Waals surface area contributed by atoms with E-state index in [4.69, 9.17) is 33.0 Å². The molecule has 0 N–H and O–H groups in total. The summed E-state index contributed by atoms with van der Waals surface area (Å²) < 4.78 is 32.7. The molecule has 15 nitrogen and oxygen atoms in total. The zero-order valence-electron chi connectivity index (χ0n) is 78.2. The van der Waals surface area contributed by atoms with Crippen molar-refractivity contribution in [2.45, 2.75) is 0 Å². The number of benzene rings is 21. The first-order valence-electron chi connectivity index (χ1n) is 48.4. The van der Waals surface area contributed by atoms with Gasteiger partial charge in [-0.05, 0) is 132 Å². The molecule has 0 aliphatic heterocycles. The molecule has 0 saturated carbocycles. The summed E-state index contributed by atoms with van der Waals surface area (Å²) in [5.41, 5.74) is 29.6. The Morgan fingerprint density at radius 2 is 0.449 bits per heavy atom. The molecule has 0 bridgehead atoms. The molecule has 147 heavy (non-hydrogen) atoms. The number of nitrogens with zero attached hydrogens (tertiary/aromatic N) is 12. The molecule has 678 valence electrons. The lowest BCUT2D eigenvalue weighted by molar-refractivity contribution is 0.669. The average molecular weight is 1870 g/mol. The third-order valence-electron chi connectivity index (χ3n) is 29.4. The van der Waals surface area contributed by atoms with E-state index < -0.39 is 0 Å². The summed E-state index contributed by atoms with van der Waals surface area (Å²) in [4.78, 5) is 12.2. The van der Waals surface area contributed by atoms with Gasteiger partial charge in [0.15, 0.2) is 5.58 Å². The fourth-order valence-corrected chi connectivity index (χ4v) is 23.4. The van der Waals surface area contributed by atoms with Crippen molar-refractivity contribution >= 4 is 214 Å². The lowest BCUT2D eigenvalue weighted by atomic mass is 9.97. The average Bonchev–Trinajstić information content (AvgIpc) is 1.57. The Morgan fingerprint density at radius 3 is 0.830 bits per heavy atom. The summed E-state index contributed by atoms with van der Waals surface area (Å²) in [6.07, 6.45) is 0. The van der Waals surface area contributed by atoms with Crippen LogP contribution in [-0.4, -0.2) is 27.4 Å². The molecule has 30 aromatic rings. The lowest BCUT2D eigenvalue weighted by Gasteiger charge is -2.20. The first kappa shape index (κ1) is 83.9. The van der Waals surface area contributed by atoms with Gasteiger partial charge in [0.2, 0.25) is 17.1 Å². The maximum atomic E-state index is 10.8. The van der Waals surface area contributed by atoms with Gasteiger partial charge in [-0.3, -0.25) is 0 Å². The molecule has 0 fully saturated rings. The largest absolute Gasteiger partial charge is 0.456 e. The van der Waals surface area contributed by atoms with Crippen molar-refractivity contribution in [1.29, 1.82) is 15.8 Å². The van der Waals surface area contributed by atoms with Crippen LogP contribution >= 0.6 is 0 Å². The minimum Gasteiger partial charge on any atom is -0.456 e. The molecule has 0 spiro atoms. The van der Waals surface area contributed by atoms with E-state index >= 15 is 0 Å². The number of hydrogen-bond donors (Lipinski definition) is 0. The molecule has 21 aromatic carbocycles.